The standard InChI is InChI=1S/C7H11F3N2O3/c1-6(2,12-5(14)15)4(13)11-3-7(8,9)10/h12H,3H2,1-2H3,(H,11,13)(H,14,15). The molecule has 0 aliphatic carbocycles. The summed E-state index contributed by atoms with van der Waals surface area (Å²) >= 11 is 0. The van der Waals surface area contributed by atoms with E-state index in [2.05, 4.69) is 0 Å². The average Bonchev–Trinajstić information content (AvgIpc) is 1.95. The maximum Gasteiger partial charge on any atom is 0.405 e. The van der Waals surface area contributed by atoms with Crippen LogP contribution in [0.15, 0.2) is 0 Å². The van der Waals surface area contributed by atoms with Gasteiger partial charge in [-0.25, -0.2) is 4.79 Å². The number of nitrogens with one attached hydrogen (secondary N) is 2. The van der Waals surface area contributed by atoms with Crippen LogP contribution >= 0.6 is 0 Å². The van der Waals surface area contributed by atoms with E-state index in [4.69, 9.17) is 5.11 Å². The quantitative estimate of drug-likeness (QED) is 0.665. The third-order valence-corrected chi connectivity index (χ3v) is 1.44. The largest absolute Gasteiger partial charge is 0.465 e. The second kappa shape index (κ2) is 4.37. The van der Waals surface area contributed by atoms with Crippen molar-refractivity contribution < 1.29 is 27.9 Å². The fourth-order valence-corrected chi connectivity index (χ4v) is 0.726. The Labute approximate surface area is 83.6 Å². The van der Waals surface area contributed by atoms with E-state index in [1.54, 1.807) is 10.6 Å². The van der Waals surface area contributed by atoms with Crippen LogP contribution in [0.1, 0.15) is 13.8 Å². The zero-order valence-electron chi connectivity index (χ0n) is 8.10. The topological polar surface area (TPSA) is 78.4 Å². The summed E-state index contributed by atoms with van der Waals surface area (Å²) in [5.41, 5.74) is -1.60. The molecule has 0 bridgehead atoms. The molecule has 0 radical (unpaired) electrons. The predicted octanol–water partition coefficient (Wildman–Crippen LogP) is 0.711. The Morgan fingerprint density at radius 3 is 2.07 bits per heavy atom. The van der Waals surface area contributed by atoms with E-state index >= 15 is 0 Å². The first kappa shape index (κ1) is 13.5. The van der Waals surface area contributed by atoms with Crippen molar-refractivity contribution in [3.8, 4) is 0 Å². The first-order valence-corrected chi connectivity index (χ1v) is 3.91. The lowest BCUT2D eigenvalue weighted by atomic mass is 10.1. The Morgan fingerprint density at radius 2 is 1.73 bits per heavy atom. The highest BCUT2D eigenvalue weighted by molar-refractivity contribution is 5.88. The van der Waals surface area contributed by atoms with Crippen LogP contribution in [-0.4, -0.2) is 35.4 Å². The molecule has 0 aromatic heterocycles. The zero-order chi connectivity index (χ0) is 12.3. The Balaban J connectivity index is 4.26. The fraction of sp³-hybridized carbons (Fsp3) is 0.714. The third kappa shape index (κ3) is 5.76. The molecule has 0 unspecified atom stereocenters. The fourth-order valence-electron chi connectivity index (χ4n) is 0.726. The Hall–Kier alpha value is -1.47. The van der Waals surface area contributed by atoms with Crippen LogP contribution in [0.3, 0.4) is 0 Å². The maximum absolute atomic E-state index is 11.7. The molecule has 3 N–H and O–H groups in total. The molecule has 88 valence electrons. The number of carboxylic acid groups (broad SMARTS) is 1. The van der Waals surface area contributed by atoms with Crippen LogP contribution in [0.25, 0.3) is 0 Å². The number of carbonyl (C=O) groups excluding carboxylic acids is 1. The van der Waals surface area contributed by atoms with Gasteiger partial charge in [0.25, 0.3) is 0 Å². The normalized spacial score (nSPS) is 12.1. The van der Waals surface area contributed by atoms with Gasteiger partial charge in [0.2, 0.25) is 5.91 Å². The summed E-state index contributed by atoms with van der Waals surface area (Å²) in [6, 6.07) is 0. The van der Waals surface area contributed by atoms with E-state index < -0.39 is 30.3 Å². The number of halogens is 3. The number of carbonyl (C=O) groups is 2. The van der Waals surface area contributed by atoms with Crippen molar-refractivity contribution in [1.29, 1.82) is 0 Å². The van der Waals surface area contributed by atoms with Crippen LogP contribution in [0, 0.1) is 0 Å². The lowest BCUT2D eigenvalue weighted by Gasteiger charge is -2.23. The smallest absolute Gasteiger partial charge is 0.405 e. The van der Waals surface area contributed by atoms with Crippen LogP contribution in [0.2, 0.25) is 0 Å². The van der Waals surface area contributed by atoms with Gasteiger partial charge in [-0.3, -0.25) is 4.79 Å². The summed E-state index contributed by atoms with van der Waals surface area (Å²) in [7, 11) is 0. The lowest BCUT2D eigenvalue weighted by molar-refractivity contribution is -0.141. The van der Waals surface area contributed by atoms with Gasteiger partial charge in [0, 0.05) is 0 Å². The minimum Gasteiger partial charge on any atom is -0.465 e. The van der Waals surface area contributed by atoms with Crippen LogP contribution in [-0.2, 0) is 4.79 Å². The second-order valence-electron chi connectivity index (χ2n) is 3.35. The van der Waals surface area contributed by atoms with Crippen molar-refractivity contribution in [3.63, 3.8) is 0 Å². The molecule has 0 aromatic rings. The summed E-state index contributed by atoms with van der Waals surface area (Å²) in [6.45, 7) is 0.830. The van der Waals surface area contributed by atoms with Crippen molar-refractivity contribution in [3.05, 3.63) is 0 Å². The van der Waals surface area contributed by atoms with Gasteiger partial charge in [-0.1, -0.05) is 0 Å². The Bertz CT molecular complexity index is 263. The molecule has 0 fully saturated rings. The summed E-state index contributed by atoms with van der Waals surface area (Å²) in [5.74, 6) is -1.04. The van der Waals surface area contributed by atoms with E-state index in [1.165, 1.54) is 0 Å². The molecule has 0 heterocycles. The maximum atomic E-state index is 11.7. The van der Waals surface area contributed by atoms with Gasteiger partial charge in [0.15, 0.2) is 0 Å². The Morgan fingerprint density at radius 1 is 1.27 bits per heavy atom. The average molecular weight is 228 g/mol. The van der Waals surface area contributed by atoms with Crippen molar-refractivity contribution in [2.24, 2.45) is 0 Å². The van der Waals surface area contributed by atoms with Crippen LogP contribution in [0.4, 0.5) is 18.0 Å². The first-order valence-electron chi connectivity index (χ1n) is 3.91. The van der Waals surface area contributed by atoms with Crippen LogP contribution in [0.5, 0.6) is 0 Å². The van der Waals surface area contributed by atoms with Gasteiger partial charge in [0.1, 0.15) is 12.1 Å². The molecule has 0 spiro atoms. The van der Waals surface area contributed by atoms with E-state index in [9.17, 15) is 22.8 Å². The summed E-state index contributed by atoms with van der Waals surface area (Å²) in [5, 5.41) is 11.7. The van der Waals surface area contributed by atoms with Gasteiger partial charge >= 0.3 is 12.3 Å². The molecule has 0 aliphatic rings. The van der Waals surface area contributed by atoms with E-state index in [0.717, 1.165) is 13.8 Å². The number of rotatable bonds is 3. The number of hydrogen-bond donors (Lipinski definition) is 3. The summed E-state index contributed by atoms with van der Waals surface area (Å²) < 4.78 is 35.1. The SMILES string of the molecule is CC(C)(NC(=O)O)C(=O)NCC(F)(F)F. The highest BCUT2D eigenvalue weighted by Crippen LogP contribution is 2.13. The molecule has 0 aliphatic heterocycles. The van der Waals surface area contributed by atoms with Gasteiger partial charge in [-0.15, -0.1) is 0 Å². The molecule has 0 atom stereocenters. The minimum absolute atomic E-state index is 1.04. The molecular weight excluding hydrogens is 217 g/mol. The molecule has 2 amide bonds. The minimum atomic E-state index is -4.52. The third-order valence-electron chi connectivity index (χ3n) is 1.44. The van der Waals surface area contributed by atoms with E-state index in [-0.39, 0.29) is 0 Å². The predicted molar refractivity (Wildman–Crippen MR) is 44.3 cm³/mol. The van der Waals surface area contributed by atoms with E-state index in [0.29, 0.717) is 0 Å². The first-order chi connectivity index (χ1) is 6.54. The number of amides is 2. The molecule has 0 saturated carbocycles. The number of hydrogen-bond acceptors (Lipinski definition) is 2. The van der Waals surface area contributed by atoms with Gasteiger partial charge < -0.3 is 15.7 Å². The second-order valence-corrected chi connectivity index (χ2v) is 3.35. The summed E-state index contributed by atoms with van der Waals surface area (Å²) in [4.78, 5) is 21.3. The monoisotopic (exact) mass is 228 g/mol. The van der Waals surface area contributed by atoms with Crippen molar-refractivity contribution >= 4 is 12.0 Å². The molecule has 0 rings (SSSR count). The molecular formula is C7H11F3N2O3. The van der Waals surface area contributed by atoms with Crippen LogP contribution < -0.4 is 10.6 Å². The highest BCUT2D eigenvalue weighted by atomic mass is 19.4. The molecule has 15 heavy (non-hydrogen) atoms. The van der Waals surface area contributed by atoms with Gasteiger partial charge in [0.05, 0.1) is 0 Å². The van der Waals surface area contributed by atoms with E-state index in [1.807, 2.05) is 0 Å². The van der Waals surface area contributed by atoms with Crippen molar-refractivity contribution in [1.82, 2.24) is 10.6 Å². The highest BCUT2D eigenvalue weighted by Gasteiger charge is 2.33. The van der Waals surface area contributed by atoms with Gasteiger partial charge in [-0.2, -0.15) is 13.2 Å². The molecule has 0 saturated heterocycles. The van der Waals surface area contributed by atoms with Gasteiger partial charge in [-0.05, 0) is 13.8 Å². The zero-order valence-corrected chi connectivity index (χ0v) is 8.10. The summed E-state index contributed by atoms with van der Waals surface area (Å²) in [6.07, 6.45) is -6.00. The molecule has 0 aromatic carbocycles. The lowest BCUT2D eigenvalue weighted by Crippen LogP contribution is -2.55. The molecule has 8 heteroatoms. The Kier molecular flexibility index (Phi) is 3.94. The van der Waals surface area contributed by atoms with Crippen molar-refractivity contribution in [2.75, 3.05) is 6.54 Å². The molecule has 5 nitrogen and oxygen atoms in total. The van der Waals surface area contributed by atoms with Crippen molar-refractivity contribution in [2.45, 2.75) is 25.6 Å². The number of alkyl halides is 3.